The predicted molar refractivity (Wildman–Crippen MR) is 119 cm³/mol. The largest absolute Gasteiger partial charge is 0.548 e. The van der Waals surface area contributed by atoms with Gasteiger partial charge in [-0.15, -0.1) is 0 Å². The van der Waals surface area contributed by atoms with E-state index in [2.05, 4.69) is 0 Å². The monoisotopic (exact) mass is 482 g/mol. The Hall–Kier alpha value is -2.26. The van der Waals surface area contributed by atoms with Crippen LogP contribution in [0.4, 0.5) is 0 Å². The fraction of sp³-hybridized carbons (Fsp3) is 0.150. The van der Waals surface area contributed by atoms with E-state index >= 15 is 0 Å². The lowest BCUT2D eigenvalue weighted by molar-refractivity contribution is -0.305. The summed E-state index contributed by atoms with van der Waals surface area (Å²) in [7, 11) is 1.50. The molecule has 0 bridgehead atoms. The Balaban J connectivity index is 1.77. The Morgan fingerprint density at radius 3 is 2.67 bits per heavy atom. The molecule has 0 radical (unpaired) electrons. The zero-order valence-electron chi connectivity index (χ0n) is 15.5. The second-order valence-corrected chi connectivity index (χ2v) is 8.59. The summed E-state index contributed by atoms with van der Waals surface area (Å²) < 4.78 is 11.4. The summed E-state index contributed by atoms with van der Waals surface area (Å²) in [6.07, 6.45) is 1.61. The van der Waals surface area contributed by atoms with Crippen molar-refractivity contribution in [1.82, 2.24) is 4.90 Å². The van der Waals surface area contributed by atoms with Crippen LogP contribution in [0.5, 0.6) is 11.5 Å². The van der Waals surface area contributed by atoms with Gasteiger partial charge in [0.05, 0.1) is 24.5 Å². The lowest BCUT2D eigenvalue weighted by Gasteiger charge is -2.14. The summed E-state index contributed by atoms with van der Waals surface area (Å²) in [6, 6.07) is 10.3. The van der Waals surface area contributed by atoms with E-state index in [9.17, 15) is 14.7 Å². The number of hydrogen-bond acceptors (Lipinski definition) is 7. The van der Waals surface area contributed by atoms with E-state index in [-0.39, 0.29) is 10.9 Å². The maximum Gasteiger partial charge on any atom is 0.266 e. The summed E-state index contributed by atoms with van der Waals surface area (Å²) in [5, 5.41) is 11.8. The molecule has 0 N–H and O–H groups in total. The molecule has 0 atom stereocenters. The van der Waals surface area contributed by atoms with E-state index in [0.717, 1.165) is 22.2 Å². The van der Waals surface area contributed by atoms with E-state index in [0.29, 0.717) is 32.0 Å². The zero-order chi connectivity index (χ0) is 21.8. The maximum atomic E-state index is 12.4. The van der Waals surface area contributed by atoms with Crippen LogP contribution in [0.25, 0.3) is 6.08 Å². The molecule has 1 amide bonds. The van der Waals surface area contributed by atoms with Crippen molar-refractivity contribution in [2.24, 2.45) is 0 Å². The van der Waals surface area contributed by atoms with Crippen molar-refractivity contribution in [2.75, 3.05) is 13.7 Å². The highest BCUT2D eigenvalue weighted by Gasteiger charge is 2.31. The molecular formula is C20H14Cl2NO5S2-. The normalized spacial score (nSPS) is 15.0. The summed E-state index contributed by atoms with van der Waals surface area (Å²) in [4.78, 5) is 24.5. The molecule has 2 aromatic rings. The topological polar surface area (TPSA) is 78.9 Å². The summed E-state index contributed by atoms with van der Waals surface area (Å²) in [5.41, 5.74) is 1.43. The van der Waals surface area contributed by atoms with Gasteiger partial charge in [0.15, 0.2) is 11.5 Å². The fourth-order valence-corrected chi connectivity index (χ4v) is 4.32. The van der Waals surface area contributed by atoms with Gasteiger partial charge in [0, 0.05) is 15.6 Å². The number of thioether (sulfide) groups is 1. The fourth-order valence-electron chi connectivity index (χ4n) is 2.60. The molecule has 1 saturated heterocycles. The van der Waals surface area contributed by atoms with Gasteiger partial charge in [0.25, 0.3) is 5.91 Å². The second kappa shape index (κ2) is 9.70. The van der Waals surface area contributed by atoms with Crippen molar-refractivity contribution >= 4 is 69.5 Å². The third-order valence-corrected chi connectivity index (χ3v) is 6.01. The Morgan fingerprint density at radius 2 is 2.00 bits per heavy atom. The quantitative estimate of drug-likeness (QED) is 0.441. The molecule has 3 rings (SSSR count). The summed E-state index contributed by atoms with van der Waals surface area (Å²) in [5.74, 6) is -0.911. The summed E-state index contributed by atoms with van der Waals surface area (Å²) >= 11 is 18.2. The molecule has 1 aliphatic heterocycles. The molecule has 10 heteroatoms. The first kappa shape index (κ1) is 22.4. The first-order valence-electron chi connectivity index (χ1n) is 8.48. The number of ether oxygens (including phenoxy) is 2. The van der Waals surface area contributed by atoms with Gasteiger partial charge in [-0.3, -0.25) is 9.69 Å². The average molecular weight is 483 g/mol. The Bertz CT molecular complexity index is 1060. The number of halogens is 2. The lowest BCUT2D eigenvalue weighted by Crippen LogP contribution is -2.40. The van der Waals surface area contributed by atoms with Gasteiger partial charge >= 0.3 is 0 Å². The minimum Gasteiger partial charge on any atom is -0.548 e. The molecule has 0 unspecified atom stereocenters. The minimum absolute atomic E-state index is 0.169. The van der Waals surface area contributed by atoms with E-state index in [1.54, 1.807) is 42.5 Å². The third-order valence-electron chi connectivity index (χ3n) is 4.04. The number of rotatable bonds is 7. The van der Waals surface area contributed by atoms with Crippen LogP contribution in [0.2, 0.25) is 10.0 Å². The SMILES string of the molecule is COc1cc(C=C2SC(=S)N(CC(=O)[O-])C2=O)ccc1OCc1ccc(Cl)cc1Cl. The second-order valence-electron chi connectivity index (χ2n) is 6.07. The van der Waals surface area contributed by atoms with Crippen LogP contribution in [0, 0.1) is 0 Å². The van der Waals surface area contributed by atoms with Crippen LogP contribution in [0.15, 0.2) is 41.3 Å². The number of aliphatic carboxylic acids is 1. The molecule has 0 aliphatic carbocycles. The van der Waals surface area contributed by atoms with Crippen molar-refractivity contribution in [2.45, 2.75) is 6.61 Å². The van der Waals surface area contributed by atoms with E-state index in [1.807, 2.05) is 0 Å². The number of nitrogens with zero attached hydrogens (tertiary/aromatic N) is 1. The number of carbonyl (C=O) groups excluding carboxylic acids is 2. The average Bonchev–Trinajstić information content (AvgIpc) is 2.95. The van der Waals surface area contributed by atoms with Gasteiger partial charge in [-0.1, -0.05) is 59.3 Å². The Morgan fingerprint density at radius 1 is 1.23 bits per heavy atom. The molecule has 30 heavy (non-hydrogen) atoms. The highest BCUT2D eigenvalue weighted by Crippen LogP contribution is 2.35. The molecular weight excluding hydrogens is 469 g/mol. The van der Waals surface area contributed by atoms with Crippen molar-refractivity contribution in [3.63, 3.8) is 0 Å². The number of thiocarbonyl (C=S) groups is 1. The maximum absolute atomic E-state index is 12.4. The van der Waals surface area contributed by atoms with Crippen molar-refractivity contribution < 1.29 is 24.2 Å². The standard InChI is InChI=1S/C20H15Cl2NO5S2/c1-27-16-6-11(7-17-19(26)23(9-18(24)25)20(29)30-17)2-5-15(16)28-10-12-3-4-13(21)8-14(12)22/h2-8H,9-10H2,1H3,(H,24,25)/p-1. The molecule has 0 spiro atoms. The van der Waals surface area contributed by atoms with Crippen molar-refractivity contribution in [1.29, 1.82) is 0 Å². The van der Waals surface area contributed by atoms with Gasteiger partial charge in [0.2, 0.25) is 0 Å². The number of methoxy groups -OCH3 is 1. The number of carboxylic acids is 1. The zero-order valence-corrected chi connectivity index (χ0v) is 18.7. The van der Waals surface area contributed by atoms with Crippen molar-refractivity contribution in [3.05, 3.63) is 62.5 Å². The van der Waals surface area contributed by atoms with Crippen LogP contribution >= 0.6 is 47.2 Å². The number of carbonyl (C=O) groups is 2. The molecule has 1 fully saturated rings. The van der Waals surface area contributed by atoms with Gasteiger partial charge in [-0.25, -0.2) is 0 Å². The number of hydrogen-bond donors (Lipinski definition) is 0. The van der Waals surface area contributed by atoms with Gasteiger partial charge in [-0.2, -0.15) is 0 Å². The van der Waals surface area contributed by atoms with Crippen LogP contribution in [0.3, 0.4) is 0 Å². The summed E-state index contributed by atoms with van der Waals surface area (Å²) in [6.45, 7) is -0.362. The van der Waals surface area contributed by atoms with Crippen LogP contribution in [-0.2, 0) is 16.2 Å². The minimum atomic E-state index is -1.38. The molecule has 156 valence electrons. The number of amides is 1. The van der Waals surface area contributed by atoms with Gasteiger partial charge < -0.3 is 19.4 Å². The van der Waals surface area contributed by atoms with E-state index in [1.165, 1.54) is 7.11 Å². The first-order valence-corrected chi connectivity index (χ1v) is 10.5. The Kier molecular flexibility index (Phi) is 7.25. The van der Waals surface area contributed by atoms with Gasteiger partial charge in [-0.05, 0) is 35.9 Å². The van der Waals surface area contributed by atoms with Crippen LogP contribution in [0.1, 0.15) is 11.1 Å². The van der Waals surface area contributed by atoms with Crippen LogP contribution < -0.4 is 14.6 Å². The Labute approximate surface area is 192 Å². The van der Waals surface area contributed by atoms with Crippen LogP contribution in [-0.4, -0.2) is 34.8 Å². The highest BCUT2D eigenvalue weighted by molar-refractivity contribution is 8.26. The predicted octanol–water partition coefficient (Wildman–Crippen LogP) is 3.53. The highest BCUT2D eigenvalue weighted by atomic mass is 35.5. The van der Waals surface area contributed by atoms with Gasteiger partial charge in [0.1, 0.15) is 10.9 Å². The molecule has 0 aromatic heterocycles. The third kappa shape index (κ3) is 5.26. The number of carboxylic acid groups (broad SMARTS) is 1. The van der Waals surface area contributed by atoms with E-state index in [4.69, 9.17) is 44.9 Å². The first-order chi connectivity index (χ1) is 14.3. The lowest BCUT2D eigenvalue weighted by atomic mass is 10.1. The van der Waals surface area contributed by atoms with Crippen molar-refractivity contribution in [3.8, 4) is 11.5 Å². The molecule has 1 aliphatic rings. The smallest absolute Gasteiger partial charge is 0.266 e. The number of benzene rings is 2. The molecule has 0 saturated carbocycles. The molecule has 2 aromatic carbocycles. The molecule has 1 heterocycles. The van der Waals surface area contributed by atoms with E-state index < -0.39 is 18.4 Å². The molecule has 6 nitrogen and oxygen atoms in total.